The van der Waals surface area contributed by atoms with E-state index >= 15 is 0 Å². The normalized spacial score (nSPS) is 11.7. The van der Waals surface area contributed by atoms with Crippen LogP contribution in [0.4, 0.5) is 4.39 Å². The highest BCUT2D eigenvalue weighted by Crippen LogP contribution is 2.27. The molecular weight excluding hydrogens is 407 g/mol. The number of para-hydroxylation sites is 2. The van der Waals surface area contributed by atoms with Crippen molar-refractivity contribution in [2.45, 2.75) is 37.4 Å². The number of rotatable bonds is 10. The van der Waals surface area contributed by atoms with Gasteiger partial charge in [0.25, 0.3) is 0 Å². The first-order valence-corrected chi connectivity index (χ1v) is 10.4. The molecule has 0 radical (unpaired) electrons. The van der Waals surface area contributed by atoms with Crippen molar-refractivity contribution in [3.63, 3.8) is 0 Å². The Morgan fingerprint density at radius 1 is 1.23 bits per heavy atom. The third-order valence-electron chi connectivity index (χ3n) is 4.16. The molecule has 1 heterocycles. The molecule has 158 valence electrons. The molecule has 2 aromatic carbocycles. The Labute approximate surface area is 178 Å². The van der Waals surface area contributed by atoms with E-state index in [0.717, 1.165) is 5.56 Å². The number of carbonyl (C=O) groups is 1. The number of benzene rings is 2. The van der Waals surface area contributed by atoms with Gasteiger partial charge in [-0.15, -0.1) is 0 Å². The van der Waals surface area contributed by atoms with Gasteiger partial charge in [-0.1, -0.05) is 30.0 Å². The number of aromatic nitrogens is 3. The van der Waals surface area contributed by atoms with E-state index in [1.54, 1.807) is 31.2 Å². The summed E-state index contributed by atoms with van der Waals surface area (Å²) < 4.78 is 25.5. The van der Waals surface area contributed by atoms with Gasteiger partial charge in [-0.05, 0) is 43.7 Å². The molecule has 1 unspecified atom stereocenters. The van der Waals surface area contributed by atoms with Crippen molar-refractivity contribution in [2.75, 3.05) is 6.61 Å². The van der Waals surface area contributed by atoms with Gasteiger partial charge in [0.1, 0.15) is 18.8 Å². The zero-order chi connectivity index (χ0) is 21.3. The number of nitrogens with zero attached hydrogens (tertiary/aromatic N) is 2. The molecule has 0 aliphatic carbocycles. The van der Waals surface area contributed by atoms with Gasteiger partial charge in [0.2, 0.25) is 5.91 Å². The van der Waals surface area contributed by atoms with Crippen LogP contribution in [-0.4, -0.2) is 32.9 Å². The van der Waals surface area contributed by atoms with Crippen molar-refractivity contribution in [3.8, 4) is 11.5 Å². The average molecular weight is 431 g/mol. The molecule has 3 rings (SSSR count). The van der Waals surface area contributed by atoms with Crippen LogP contribution in [0.2, 0.25) is 0 Å². The number of halogens is 1. The van der Waals surface area contributed by atoms with Crippen LogP contribution in [0, 0.1) is 5.82 Å². The van der Waals surface area contributed by atoms with E-state index in [4.69, 9.17) is 9.47 Å². The number of amides is 1. The Morgan fingerprint density at radius 2 is 2.00 bits per heavy atom. The lowest BCUT2D eigenvalue weighted by atomic mass is 10.1. The summed E-state index contributed by atoms with van der Waals surface area (Å²) in [6.45, 7) is 4.51. The van der Waals surface area contributed by atoms with Gasteiger partial charge in [0.05, 0.1) is 11.9 Å². The first-order valence-electron chi connectivity index (χ1n) is 9.48. The van der Waals surface area contributed by atoms with Gasteiger partial charge in [0, 0.05) is 12.1 Å². The third-order valence-corrected chi connectivity index (χ3v) is 5.15. The van der Waals surface area contributed by atoms with Crippen molar-refractivity contribution in [3.05, 3.63) is 65.7 Å². The fraction of sp³-hybridized carbons (Fsp3) is 0.286. The number of thioether (sulfide) groups is 1. The Hall–Kier alpha value is -3.07. The molecule has 9 heteroatoms. The number of nitrogens with one attached hydrogen (secondary N) is 2. The predicted octanol–water partition coefficient (Wildman–Crippen LogP) is 3.72. The van der Waals surface area contributed by atoms with E-state index in [2.05, 4.69) is 20.5 Å². The minimum Gasteiger partial charge on any atom is -0.490 e. The maximum absolute atomic E-state index is 14.2. The lowest BCUT2D eigenvalue weighted by Crippen LogP contribution is -2.30. The third kappa shape index (κ3) is 5.96. The fourth-order valence-electron chi connectivity index (χ4n) is 2.65. The molecule has 1 aromatic heterocycles. The predicted molar refractivity (Wildman–Crippen MR) is 112 cm³/mol. The summed E-state index contributed by atoms with van der Waals surface area (Å²) in [6, 6.07) is 12.0. The molecule has 0 aliphatic heterocycles. The molecule has 30 heavy (non-hydrogen) atoms. The number of hydrogen-bond acceptors (Lipinski definition) is 6. The van der Waals surface area contributed by atoms with Crippen molar-refractivity contribution in [2.24, 2.45) is 0 Å². The highest BCUT2D eigenvalue weighted by molar-refractivity contribution is 8.00. The van der Waals surface area contributed by atoms with Gasteiger partial charge in [-0.3, -0.25) is 9.89 Å². The summed E-state index contributed by atoms with van der Waals surface area (Å²) in [5.41, 5.74) is 1.18. The minimum absolute atomic E-state index is 0.0510. The number of hydrogen-bond donors (Lipinski definition) is 2. The van der Waals surface area contributed by atoms with E-state index in [1.807, 2.05) is 19.1 Å². The molecule has 2 N–H and O–H groups in total. The van der Waals surface area contributed by atoms with Crippen LogP contribution in [0.15, 0.2) is 53.9 Å². The van der Waals surface area contributed by atoms with E-state index in [0.29, 0.717) is 28.8 Å². The highest BCUT2D eigenvalue weighted by atomic mass is 32.2. The van der Waals surface area contributed by atoms with Gasteiger partial charge in [-0.2, -0.15) is 5.10 Å². The minimum atomic E-state index is -0.367. The molecule has 0 bridgehead atoms. The lowest BCUT2D eigenvalue weighted by Gasteiger charge is -2.13. The molecular formula is C21H23FN4O3S. The summed E-state index contributed by atoms with van der Waals surface area (Å²) >= 11 is 1.28. The monoisotopic (exact) mass is 430 g/mol. The summed E-state index contributed by atoms with van der Waals surface area (Å²) in [5.74, 6) is 0.648. The molecule has 0 fully saturated rings. The van der Waals surface area contributed by atoms with Crippen LogP contribution in [0.25, 0.3) is 0 Å². The van der Waals surface area contributed by atoms with Crippen molar-refractivity contribution >= 4 is 17.7 Å². The topological polar surface area (TPSA) is 89.1 Å². The summed E-state index contributed by atoms with van der Waals surface area (Å²) in [6.07, 6.45) is 1.39. The Morgan fingerprint density at radius 3 is 2.70 bits per heavy atom. The SMILES string of the molecule is CCOc1ccccc1OCc1cc(CNC(=O)C(C)Sc2ncn[nH]2)ccc1F. The number of carbonyl (C=O) groups excluding carboxylic acids is 1. The van der Waals surface area contributed by atoms with Crippen LogP contribution in [0.3, 0.4) is 0 Å². The largest absolute Gasteiger partial charge is 0.490 e. The average Bonchev–Trinajstić information content (AvgIpc) is 3.26. The van der Waals surface area contributed by atoms with E-state index in [-0.39, 0.29) is 30.1 Å². The second kappa shape index (κ2) is 10.6. The molecule has 0 saturated carbocycles. The van der Waals surface area contributed by atoms with Crippen LogP contribution in [0.5, 0.6) is 11.5 Å². The summed E-state index contributed by atoms with van der Waals surface area (Å²) in [5, 5.41) is 9.54. The first kappa shape index (κ1) is 21.6. The zero-order valence-corrected chi connectivity index (χ0v) is 17.5. The Kier molecular flexibility index (Phi) is 7.67. The second-order valence-electron chi connectivity index (χ2n) is 6.36. The molecule has 0 spiro atoms. The molecule has 1 atom stereocenters. The summed E-state index contributed by atoms with van der Waals surface area (Å²) in [7, 11) is 0. The van der Waals surface area contributed by atoms with Gasteiger partial charge < -0.3 is 14.8 Å². The van der Waals surface area contributed by atoms with Crippen molar-refractivity contribution < 1.29 is 18.7 Å². The molecule has 1 amide bonds. The van der Waals surface area contributed by atoms with Gasteiger partial charge >= 0.3 is 0 Å². The standard InChI is InChI=1S/C21H23FN4O3S/c1-3-28-18-6-4-5-7-19(18)29-12-16-10-15(8-9-17(16)22)11-23-20(27)14(2)30-21-24-13-25-26-21/h4-10,13-14H,3,11-12H2,1-2H3,(H,23,27)(H,24,25,26). The van der Waals surface area contributed by atoms with Crippen molar-refractivity contribution in [1.29, 1.82) is 0 Å². The van der Waals surface area contributed by atoms with Crippen LogP contribution >= 0.6 is 11.8 Å². The van der Waals surface area contributed by atoms with Crippen LogP contribution in [-0.2, 0) is 17.9 Å². The number of aromatic amines is 1. The Bertz CT molecular complexity index is 969. The highest BCUT2D eigenvalue weighted by Gasteiger charge is 2.16. The summed E-state index contributed by atoms with van der Waals surface area (Å²) in [4.78, 5) is 16.3. The maximum Gasteiger partial charge on any atom is 0.233 e. The molecule has 7 nitrogen and oxygen atoms in total. The maximum atomic E-state index is 14.2. The number of H-pyrrole nitrogens is 1. The molecule has 3 aromatic rings. The lowest BCUT2D eigenvalue weighted by molar-refractivity contribution is -0.120. The number of ether oxygens (including phenoxy) is 2. The second-order valence-corrected chi connectivity index (χ2v) is 7.69. The van der Waals surface area contributed by atoms with E-state index in [1.165, 1.54) is 24.2 Å². The first-order chi connectivity index (χ1) is 14.6. The smallest absolute Gasteiger partial charge is 0.233 e. The van der Waals surface area contributed by atoms with Crippen LogP contribution in [0.1, 0.15) is 25.0 Å². The van der Waals surface area contributed by atoms with E-state index in [9.17, 15) is 9.18 Å². The zero-order valence-electron chi connectivity index (χ0n) is 16.7. The molecule has 0 aliphatic rings. The Balaban J connectivity index is 1.57. The van der Waals surface area contributed by atoms with Crippen LogP contribution < -0.4 is 14.8 Å². The van der Waals surface area contributed by atoms with Crippen molar-refractivity contribution in [1.82, 2.24) is 20.5 Å². The molecule has 0 saturated heterocycles. The van der Waals surface area contributed by atoms with E-state index < -0.39 is 0 Å². The fourth-order valence-corrected chi connectivity index (χ4v) is 3.39. The quantitative estimate of drug-likeness (QED) is 0.477. The van der Waals surface area contributed by atoms with Gasteiger partial charge in [0.15, 0.2) is 16.7 Å². The van der Waals surface area contributed by atoms with Gasteiger partial charge in [-0.25, -0.2) is 9.37 Å².